The third-order valence-corrected chi connectivity index (χ3v) is 4.37. The summed E-state index contributed by atoms with van der Waals surface area (Å²) in [5, 5.41) is 8.58. The van der Waals surface area contributed by atoms with Crippen LogP contribution in [0.15, 0.2) is 0 Å². The Hall–Kier alpha value is -0.650. The van der Waals surface area contributed by atoms with E-state index in [4.69, 9.17) is 14.6 Å². The minimum absolute atomic E-state index is 0.107. The number of rotatable bonds is 6. The van der Waals surface area contributed by atoms with Crippen LogP contribution < -0.4 is 0 Å². The van der Waals surface area contributed by atoms with Gasteiger partial charge in [0.25, 0.3) is 0 Å². The summed E-state index contributed by atoms with van der Waals surface area (Å²) >= 11 is 0. The van der Waals surface area contributed by atoms with Gasteiger partial charge in [0.1, 0.15) is 0 Å². The highest BCUT2D eigenvalue weighted by Gasteiger charge is 2.30. The number of likely N-dealkylation sites (tertiary alicyclic amines) is 1. The SMILES string of the molecule is CC(C1CCOC1)N1CCC(OCCC(=O)O)CC1. The van der Waals surface area contributed by atoms with Crippen LogP contribution in [0.3, 0.4) is 0 Å². The predicted octanol–water partition coefficient (Wildman–Crippen LogP) is 1.37. The van der Waals surface area contributed by atoms with Gasteiger partial charge in [0, 0.05) is 25.7 Å². The Balaban J connectivity index is 1.65. The Morgan fingerprint density at radius 2 is 2.16 bits per heavy atom. The molecule has 1 N–H and O–H groups in total. The molecule has 19 heavy (non-hydrogen) atoms. The second-order valence-corrected chi connectivity index (χ2v) is 5.61. The van der Waals surface area contributed by atoms with E-state index in [1.165, 1.54) is 6.42 Å². The topological polar surface area (TPSA) is 59.0 Å². The van der Waals surface area contributed by atoms with Gasteiger partial charge in [-0.1, -0.05) is 0 Å². The Kier molecular flexibility index (Phi) is 5.60. The minimum Gasteiger partial charge on any atom is -0.481 e. The van der Waals surface area contributed by atoms with Crippen LogP contribution in [0.1, 0.15) is 32.6 Å². The first-order valence-electron chi connectivity index (χ1n) is 7.32. The highest BCUT2D eigenvalue weighted by atomic mass is 16.5. The molecule has 0 aromatic carbocycles. The summed E-state index contributed by atoms with van der Waals surface area (Å²) < 4.78 is 11.1. The maximum absolute atomic E-state index is 10.4. The van der Waals surface area contributed by atoms with Crippen molar-refractivity contribution in [3.05, 3.63) is 0 Å². The van der Waals surface area contributed by atoms with Crippen LogP contribution in [0.25, 0.3) is 0 Å². The molecule has 0 aliphatic carbocycles. The third-order valence-electron chi connectivity index (χ3n) is 4.37. The minimum atomic E-state index is -0.785. The maximum atomic E-state index is 10.4. The Morgan fingerprint density at radius 3 is 2.74 bits per heavy atom. The Bertz CT molecular complexity index is 283. The summed E-state index contributed by atoms with van der Waals surface area (Å²) in [5.41, 5.74) is 0. The van der Waals surface area contributed by atoms with Crippen molar-refractivity contribution >= 4 is 5.97 Å². The number of carboxylic acids is 1. The van der Waals surface area contributed by atoms with Crippen LogP contribution in [0.5, 0.6) is 0 Å². The summed E-state index contributed by atoms with van der Waals surface area (Å²) in [5.74, 6) is -0.114. The first-order chi connectivity index (χ1) is 9.16. The van der Waals surface area contributed by atoms with E-state index in [9.17, 15) is 4.79 Å². The zero-order valence-corrected chi connectivity index (χ0v) is 11.7. The van der Waals surface area contributed by atoms with Crippen LogP contribution >= 0.6 is 0 Å². The van der Waals surface area contributed by atoms with Crippen LogP contribution in [0, 0.1) is 5.92 Å². The molecule has 2 rings (SSSR count). The maximum Gasteiger partial charge on any atom is 0.305 e. The molecule has 2 unspecified atom stereocenters. The van der Waals surface area contributed by atoms with Crippen molar-refractivity contribution in [3.63, 3.8) is 0 Å². The molecule has 0 bridgehead atoms. The molecule has 2 heterocycles. The van der Waals surface area contributed by atoms with E-state index in [0.29, 0.717) is 18.6 Å². The van der Waals surface area contributed by atoms with Crippen LogP contribution in [0.2, 0.25) is 0 Å². The van der Waals surface area contributed by atoms with Crippen molar-refractivity contribution in [2.45, 2.75) is 44.8 Å². The second kappa shape index (κ2) is 7.22. The second-order valence-electron chi connectivity index (χ2n) is 5.61. The van der Waals surface area contributed by atoms with Gasteiger partial charge in [-0.2, -0.15) is 0 Å². The average molecular weight is 271 g/mol. The van der Waals surface area contributed by atoms with E-state index < -0.39 is 5.97 Å². The summed E-state index contributed by atoms with van der Waals surface area (Å²) in [4.78, 5) is 13.0. The van der Waals surface area contributed by atoms with E-state index in [2.05, 4.69) is 11.8 Å². The predicted molar refractivity (Wildman–Crippen MR) is 71.2 cm³/mol. The first kappa shape index (κ1) is 14.8. The smallest absolute Gasteiger partial charge is 0.305 e. The number of aliphatic carboxylic acids is 1. The van der Waals surface area contributed by atoms with Gasteiger partial charge in [-0.25, -0.2) is 0 Å². The molecule has 2 aliphatic heterocycles. The van der Waals surface area contributed by atoms with Gasteiger partial charge in [0.2, 0.25) is 0 Å². The highest BCUT2D eigenvalue weighted by molar-refractivity contribution is 5.66. The van der Waals surface area contributed by atoms with E-state index >= 15 is 0 Å². The molecule has 0 spiro atoms. The molecule has 2 fully saturated rings. The van der Waals surface area contributed by atoms with Gasteiger partial charge in [-0.3, -0.25) is 4.79 Å². The van der Waals surface area contributed by atoms with Crippen LogP contribution in [-0.4, -0.2) is 61.0 Å². The number of nitrogens with zero attached hydrogens (tertiary/aromatic N) is 1. The number of carboxylic acid groups (broad SMARTS) is 1. The van der Waals surface area contributed by atoms with Crippen molar-refractivity contribution in [1.29, 1.82) is 0 Å². The zero-order valence-electron chi connectivity index (χ0n) is 11.7. The van der Waals surface area contributed by atoms with Crippen molar-refractivity contribution in [2.24, 2.45) is 5.92 Å². The monoisotopic (exact) mass is 271 g/mol. The van der Waals surface area contributed by atoms with Crippen molar-refractivity contribution in [2.75, 3.05) is 32.9 Å². The fraction of sp³-hybridized carbons (Fsp3) is 0.929. The lowest BCUT2D eigenvalue weighted by Crippen LogP contribution is -2.45. The molecule has 2 atom stereocenters. The van der Waals surface area contributed by atoms with Gasteiger partial charge >= 0.3 is 5.97 Å². The lowest BCUT2D eigenvalue weighted by atomic mass is 9.96. The molecule has 2 aliphatic rings. The van der Waals surface area contributed by atoms with Gasteiger partial charge in [0.05, 0.1) is 25.7 Å². The van der Waals surface area contributed by atoms with E-state index in [-0.39, 0.29) is 12.5 Å². The van der Waals surface area contributed by atoms with Gasteiger partial charge < -0.3 is 19.5 Å². The van der Waals surface area contributed by atoms with Crippen LogP contribution in [0.4, 0.5) is 0 Å². The fourth-order valence-electron chi connectivity index (χ4n) is 2.99. The fourth-order valence-corrected chi connectivity index (χ4v) is 2.99. The summed E-state index contributed by atoms with van der Waals surface area (Å²) in [6.07, 6.45) is 3.55. The molecular weight excluding hydrogens is 246 g/mol. The van der Waals surface area contributed by atoms with Crippen LogP contribution in [-0.2, 0) is 14.3 Å². The van der Waals surface area contributed by atoms with E-state index in [0.717, 1.165) is 39.1 Å². The number of piperidine rings is 1. The standard InChI is InChI=1S/C14H25NO4/c1-11(12-4-8-18-10-12)15-6-2-13(3-7-15)19-9-5-14(16)17/h11-13H,2-10H2,1H3,(H,16,17). The Morgan fingerprint density at radius 1 is 1.42 bits per heavy atom. The van der Waals surface area contributed by atoms with Gasteiger partial charge in [-0.05, 0) is 32.1 Å². The lowest BCUT2D eigenvalue weighted by Gasteiger charge is -2.38. The molecule has 0 aromatic heterocycles. The molecule has 0 saturated carbocycles. The summed E-state index contributed by atoms with van der Waals surface area (Å²) in [6.45, 7) is 6.54. The molecule has 0 radical (unpaired) electrons. The summed E-state index contributed by atoms with van der Waals surface area (Å²) in [6, 6.07) is 0.586. The van der Waals surface area contributed by atoms with Crippen molar-refractivity contribution < 1.29 is 19.4 Å². The van der Waals surface area contributed by atoms with Crippen molar-refractivity contribution in [3.8, 4) is 0 Å². The van der Waals surface area contributed by atoms with E-state index in [1.807, 2.05) is 0 Å². The highest BCUT2D eigenvalue weighted by Crippen LogP contribution is 2.24. The molecular formula is C14H25NO4. The van der Waals surface area contributed by atoms with Gasteiger partial charge in [-0.15, -0.1) is 0 Å². The third kappa shape index (κ3) is 4.44. The molecule has 5 heteroatoms. The average Bonchev–Trinajstić information content (AvgIpc) is 2.92. The molecule has 5 nitrogen and oxygen atoms in total. The lowest BCUT2D eigenvalue weighted by molar-refractivity contribution is -0.138. The normalized spacial score (nSPS) is 27.5. The summed E-state index contributed by atoms with van der Waals surface area (Å²) in [7, 11) is 0. The number of hydrogen-bond donors (Lipinski definition) is 1. The van der Waals surface area contributed by atoms with E-state index in [1.54, 1.807) is 0 Å². The quantitative estimate of drug-likeness (QED) is 0.790. The number of ether oxygens (including phenoxy) is 2. The largest absolute Gasteiger partial charge is 0.481 e. The van der Waals surface area contributed by atoms with Gasteiger partial charge in [0.15, 0.2) is 0 Å². The number of hydrogen-bond acceptors (Lipinski definition) is 4. The molecule has 0 amide bonds. The molecule has 0 aromatic rings. The molecule has 110 valence electrons. The Labute approximate surface area is 114 Å². The molecule has 2 saturated heterocycles. The first-order valence-corrected chi connectivity index (χ1v) is 7.32. The van der Waals surface area contributed by atoms with Crippen molar-refractivity contribution in [1.82, 2.24) is 4.90 Å². The number of carbonyl (C=O) groups is 1. The zero-order chi connectivity index (χ0) is 13.7.